The topological polar surface area (TPSA) is 9.72 Å². The number of halogens is 2. The van der Waals surface area contributed by atoms with Crippen LogP contribution in [0.25, 0.3) is 0 Å². The first kappa shape index (κ1) is 19.1. The lowest BCUT2D eigenvalue weighted by atomic mass is 9.69. The Hall–Kier alpha value is -0.260. The van der Waals surface area contributed by atoms with Crippen LogP contribution in [0.5, 0.6) is 0 Å². The van der Waals surface area contributed by atoms with E-state index in [0.29, 0.717) is 25.4 Å². The van der Waals surface area contributed by atoms with Crippen molar-refractivity contribution in [1.29, 1.82) is 0 Å². The van der Waals surface area contributed by atoms with Crippen LogP contribution in [0.4, 0.5) is 8.78 Å². The lowest BCUT2D eigenvalue weighted by molar-refractivity contribution is -0.221. The van der Waals surface area contributed by atoms with Crippen molar-refractivity contribution in [3.05, 3.63) is 0 Å². The Balaban J connectivity index is 0.000000924. The van der Waals surface area contributed by atoms with Crippen molar-refractivity contribution in [2.75, 3.05) is 59.4 Å². The summed E-state index contributed by atoms with van der Waals surface area (Å²) in [6.45, 7) is 12.4. The predicted molar refractivity (Wildman–Crippen MR) is 92.1 cm³/mol. The summed E-state index contributed by atoms with van der Waals surface area (Å²) in [5.41, 5.74) is -0.718. The molecule has 0 N–H and O–H groups in total. The first-order valence-electron chi connectivity index (χ1n) is 9.45. The number of hydrogen-bond acceptors (Lipinski definition) is 3. The minimum absolute atomic E-state index is 0.0190. The molecule has 3 nitrogen and oxygen atoms in total. The van der Waals surface area contributed by atoms with Crippen molar-refractivity contribution in [2.45, 2.75) is 46.0 Å². The fraction of sp³-hybridized carbons (Fsp3) is 1.00. The Bertz CT molecular complexity index is 361. The van der Waals surface area contributed by atoms with Gasteiger partial charge in [0.1, 0.15) is 0 Å². The van der Waals surface area contributed by atoms with Crippen LogP contribution in [-0.2, 0) is 0 Å². The van der Waals surface area contributed by atoms with Gasteiger partial charge in [-0.3, -0.25) is 4.90 Å². The van der Waals surface area contributed by atoms with E-state index >= 15 is 0 Å². The van der Waals surface area contributed by atoms with E-state index in [9.17, 15) is 8.78 Å². The van der Waals surface area contributed by atoms with Gasteiger partial charge in [-0.15, -0.1) is 0 Å². The maximum absolute atomic E-state index is 14.5. The molecule has 0 aromatic heterocycles. The van der Waals surface area contributed by atoms with Crippen LogP contribution >= 0.6 is 0 Å². The van der Waals surface area contributed by atoms with Crippen molar-refractivity contribution in [2.24, 2.45) is 11.3 Å². The van der Waals surface area contributed by atoms with Gasteiger partial charge < -0.3 is 9.80 Å². The highest BCUT2D eigenvalue weighted by atomic mass is 19.3. The van der Waals surface area contributed by atoms with Gasteiger partial charge in [0.2, 0.25) is 0 Å². The molecule has 0 aliphatic carbocycles. The van der Waals surface area contributed by atoms with Gasteiger partial charge in [0.05, 0.1) is 12.0 Å². The van der Waals surface area contributed by atoms with Crippen molar-refractivity contribution >= 4 is 0 Å². The average Bonchev–Trinajstić information content (AvgIpc) is 2.51. The van der Waals surface area contributed by atoms with E-state index in [4.69, 9.17) is 0 Å². The number of piperidine rings is 2. The van der Waals surface area contributed by atoms with Crippen LogP contribution in [0.2, 0.25) is 0 Å². The first-order chi connectivity index (χ1) is 10.9. The van der Waals surface area contributed by atoms with Crippen molar-refractivity contribution in [3.63, 3.8) is 0 Å². The summed E-state index contributed by atoms with van der Waals surface area (Å²) in [5.74, 6) is -1.90. The molecule has 0 aromatic rings. The molecular formula is C18H35F2N3. The molecule has 3 heterocycles. The summed E-state index contributed by atoms with van der Waals surface area (Å²) < 4.78 is 29.0. The Morgan fingerprint density at radius 3 is 2.04 bits per heavy atom. The number of likely N-dealkylation sites (tertiary alicyclic amines) is 3. The Morgan fingerprint density at radius 2 is 1.57 bits per heavy atom. The molecule has 0 amide bonds. The third kappa shape index (κ3) is 4.05. The third-order valence-electron chi connectivity index (χ3n) is 5.92. The fourth-order valence-electron chi connectivity index (χ4n) is 4.47. The lowest BCUT2D eigenvalue weighted by Crippen LogP contribution is -2.69. The average molecular weight is 331 g/mol. The maximum atomic E-state index is 14.5. The molecule has 136 valence electrons. The molecule has 0 radical (unpaired) electrons. The number of hydrogen-bond donors (Lipinski definition) is 0. The number of alkyl halides is 2. The highest BCUT2D eigenvalue weighted by molar-refractivity contribution is 5.07. The smallest absolute Gasteiger partial charge is 0.268 e. The summed E-state index contributed by atoms with van der Waals surface area (Å²) >= 11 is 0. The minimum atomic E-state index is -2.51. The monoisotopic (exact) mass is 331 g/mol. The van der Waals surface area contributed by atoms with E-state index in [1.54, 1.807) is 0 Å². The minimum Gasteiger partial charge on any atom is -0.305 e. The van der Waals surface area contributed by atoms with E-state index in [0.717, 1.165) is 32.7 Å². The molecule has 3 aliphatic rings. The Morgan fingerprint density at radius 1 is 0.957 bits per heavy atom. The Kier molecular flexibility index (Phi) is 6.42. The van der Waals surface area contributed by atoms with Gasteiger partial charge in [-0.1, -0.05) is 20.8 Å². The molecule has 5 heteroatoms. The van der Waals surface area contributed by atoms with Gasteiger partial charge in [-0.2, -0.15) is 0 Å². The van der Waals surface area contributed by atoms with Crippen molar-refractivity contribution < 1.29 is 8.78 Å². The summed E-state index contributed by atoms with van der Waals surface area (Å²) in [6.07, 6.45) is 3.01. The molecule has 0 saturated carbocycles. The summed E-state index contributed by atoms with van der Waals surface area (Å²) in [4.78, 5) is 6.51. The van der Waals surface area contributed by atoms with Gasteiger partial charge in [0.25, 0.3) is 5.92 Å². The molecule has 0 atom stereocenters. The van der Waals surface area contributed by atoms with Crippen LogP contribution in [0, 0.1) is 11.3 Å². The molecule has 1 spiro atoms. The second kappa shape index (κ2) is 7.75. The fourth-order valence-corrected chi connectivity index (χ4v) is 4.47. The molecular weight excluding hydrogens is 296 g/mol. The summed E-state index contributed by atoms with van der Waals surface area (Å²) in [5, 5.41) is 0. The summed E-state index contributed by atoms with van der Waals surface area (Å²) in [6, 6.07) is 0. The Labute approximate surface area is 141 Å². The molecule has 23 heavy (non-hydrogen) atoms. The molecule has 0 unspecified atom stereocenters. The van der Waals surface area contributed by atoms with Gasteiger partial charge in [-0.05, 0) is 58.4 Å². The van der Waals surface area contributed by atoms with Gasteiger partial charge in [-0.25, -0.2) is 8.78 Å². The quantitative estimate of drug-likeness (QED) is 0.787. The molecule has 0 aromatic carbocycles. The molecule has 3 saturated heterocycles. The van der Waals surface area contributed by atoms with Crippen LogP contribution in [0.15, 0.2) is 0 Å². The van der Waals surface area contributed by atoms with Gasteiger partial charge in [0.15, 0.2) is 0 Å². The summed E-state index contributed by atoms with van der Waals surface area (Å²) in [7, 11) is 1.94. The van der Waals surface area contributed by atoms with E-state index in [1.807, 2.05) is 30.7 Å². The zero-order valence-electron chi connectivity index (χ0n) is 15.5. The number of rotatable bonds is 3. The predicted octanol–water partition coefficient (Wildman–Crippen LogP) is 3.02. The zero-order valence-corrected chi connectivity index (χ0v) is 15.5. The molecule has 3 aliphatic heterocycles. The second-order valence-electron chi connectivity index (χ2n) is 7.52. The molecule has 0 bridgehead atoms. The molecule has 3 rings (SSSR count). The zero-order chi connectivity index (χ0) is 17.1. The largest absolute Gasteiger partial charge is 0.305 e. The lowest BCUT2D eigenvalue weighted by Gasteiger charge is -2.57. The van der Waals surface area contributed by atoms with Gasteiger partial charge in [0, 0.05) is 19.6 Å². The van der Waals surface area contributed by atoms with Crippen molar-refractivity contribution in [1.82, 2.24) is 14.7 Å². The van der Waals surface area contributed by atoms with Crippen LogP contribution in [0.3, 0.4) is 0 Å². The first-order valence-corrected chi connectivity index (χ1v) is 9.45. The van der Waals surface area contributed by atoms with Gasteiger partial charge >= 0.3 is 0 Å². The molecule has 3 fully saturated rings. The number of nitrogens with zero attached hydrogens (tertiary/aromatic N) is 3. The maximum Gasteiger partial charge on any atom is 0.268 e. The highest BCUT2D eigenvalue weighted by Crippen LogP contribution is 2.49. The van der Waals surface area contributed by atoms with E-state index in [2.05, 4.69) is 11.8 Å². The standard InChI is InChI=1S/C16H29F2N3.C2H6/c1-3-20-7-4-14(5-8-20)10-21-9-6-15(11-19(2)12-15)16(17,18)13-21;1-2/h14H,3-13H2,1-2H3;1-2H3. The van der Waals surface area contributed by atoms with Crippen molar-refractivity contribution in [3.8, 4) is 0 Å². The third-order valence-corrected chi connectivity index (χ3v) is 5.92. The SMILES string of the molecule is CC.CCN1CCC(CN2CCC3(CN(C)C3)C(F)(F)C2)CC1. The normalized spacial score (nSPS) is 29.0. The van der Waals surface area contributed by atoms with Crippen LogP contribution in [0.1, 0.15) is 40.0 Å². The van der Waals surface area contributed by atoms with E-state index < -0.39 is 11.3 Å². The van der Waals surface area contributed by atoms with Crippen LogP contribution in [-0.4, -0.2) is 80.0 Å². The highest BCUT2D eigenvalue weighted by Gasteiger charge is 2.61. The van der Waals surface area contributed by atoms with Crippen LogP contribution < -0.4 is 0 Å². The van der Waals surface area contributed by atoms with E-state index in [-0.39, 0.29) is 6.54 Å². The van der Waals surface area contributed by atoms with E-state index in [1.165, 1.54) is 12.8 Å². The second-order valence-corrected chi connectivity index (χ2v) is 7.52.